The van der Waals surface area contributed by atoms with E-state index in [1.165, 1.54) is 0 Å². The lowest BCUT2D eigenvalue weighted by atomic mass is 10.5. The summed E-state index contributed by atoms with van der Waals surface area (Å²) in [5.41, 5.74) is 0. The van der Waals surface area contributed by atoms with Crippen molar-refractivity contribution in [3.05, 3.63) is 0 Å². The van der Waals surface area contributed by atoms with Gasteiger partial charge in [-0.05, 0) is 13.8 Å². The van der Waals surface area contributed by atoms with Gasteiger partial charge in [-0.25, -0.2) is 0 Å². The zero-order chi connectivity index (χ0) is 12.2. The van der Waals surface area contributed by atoms with Crippen molar-refractivity contribution in [1.82, 2.24) is 10.6 Å². The summed E-state index contributed by atoms with van der Waals surface area (Å²) in [7, 11) is 0. The molecule has 2 N–H and O–H groups in total. The van der Waals surface area contributed by atoms with Crippen LogP contribution in [-0.4, -0.2) is 45.0 Å². The van der Waals surface area contributed by atoms with Crippen LogP contribution in [0.15, 0.2) is 0 Å². The zero-order valence-electron chi connectivity index (χ0n) is 9.91. The van der Waals surface area contributed by atoms with Gasteiger partial charge < -0.3 is 14.8 Å². The second kappa shape index (κ2) is 10.4. The predicted octanol–water partition coefficient (Wildman–Crippen LogP) is -0.275. The molecule has 0 rings (SSSR count). The lowest BCUT2D eigenvalue weighted by Crippen LogP contribution is -2.40. The molecule has 0 unspecified atom stereocenters. The number of hydrogen-bond acceptors (Lipinski definition) is 4. The SMILES string of the molecule is C#CCNCC(=O)NCC(OCC)OCC. The first-order valence-corrected chi connectivity index (χ1v) is 5.38. The molecule has 0 saturated heterocycles. The van der Waals surface area contributed by atoms with Crippen molar-refractivity contribution in [3.8, 4) is 12.3 Å². The Hall–Kier alpha value is -1.09. The summed E-state index contributed by atoms with van der Waals surface area (Å²) in [6, 6.07) is 0. The molecule has 0 saturated carbocycles. The second-order valence-electron chi connectivity index (χ2n) is 2.95. The van der Waals surface area contributed by atoms with Crippen LogP contribution in [0.1, 0.15) is 13.8 Å². The maximum Gasteiger partial charge on any atom is 0.234 e. The van der Waals surface area contributed by atoms with E-state index in [9.17, 15) is 4.79 Å². The van der Waals surface area contributed by atoms with Crippen LogP contribution in [0.2, 0.25) is 0 Å². The monoisotopic (exact) mass is 228 g/mol. The van der Waals surface area contributed by atoms with Gasteiger partial charge in [0.1, 0.15) is 0 Å². The van der Waals surface area contributed by atoms with E-state index in [0.29, 0.717) is 26.3 Å². The van der Waals surface area contributed by atoms with Crippen molar-refractivity contribution in [1.29, 1.82) is 0 Å². The molecular formula is C11H20N2O3. The highest BCUT2D eigenvalue weighted by Gasteiger charge is 2.09. The number of carbonyl (C=O) groups excluding carboxylic acids is 1. The van der Waals surface area contributed by atoms with Crippen molar-refractivity contribution in [2.45, 2.75) is 20.1 Å². The minimum absolute atomic E-state index is 0.125. The smallest absolute Gasteiger partial charge is 0.234 e. The molecule has 0 aromatic heterocycles. The van der Waals surface area contributed by atoms with Gasteiger partial charge in [-0.3, -0.25) is 10.1 Å². The Labute approximate surface area is 96.9 Å². The van der Waals surface area contributed by atoms with Crippen LogP contribution in [0, 0.1) is 12.3 Å². The summed E-state index contributed by atoms with van der Waals surface area (Å²) in [5.74, 6) is 2.26. The van der Waals surface area contributed by atoms with Gasteiger partial charge in [0.2, 0.25) is 5.91 Å². The molecule has 5 nitrogen and oxygen atoms in total. The highest BCUT2D eigenvalue weighted by Crippen LogP contribution is 1.92. The van der Waals surface area contributed by atoms with Crippen molar-refractivity contribution in [2.75, 3.05) is 32.8 Å². The molecule has 0 aliphatic heterocycles. The number of amides is 1. The molecule has 0 heterocycles. The first-order valence-electron chi connectivity index (χ1n) is 5.38. The van der Waals surface area contributed by atoms with E-state index in [2.05, 4.69) is 16.6 Å². The van der Waals surface area contributed by atoms with Crippen LogP contribution in [0.3, 0.4) is 0 Å². The van der Waals surface area contributed by atoms with Gasteiger partial charge >= 0.3 is 0 Å². The summed E-state index contributed by atoms with van der Waals surface area (Å²) in [5, 5.41) is 5.48. The molecule has 0 fully saturated rings. The van der Waals surface area contributed by atoms with Crippen molar-refractivity contribution in [3.63, 3.8) is 0 Å². The van der Waals surface area contributed by atoms with Crippen LogP contribution in [0.25, 0.3) is 0 Å². The number of terminal acetylenes is 1. The molecule has 0 aliphatic rings. The number of hydrogen-bond donors (Lipinski definition) is 2. The fourth-order valence-corrected chi connectivity index (χ4v) is 1.05. The molecule has 0 aromatic rings. The van der Waals surface area contributed by atoms with Gasteiger partial charge in [0, 0.05) is 13.2 Å². The maximum absolute atomic E-state index is 11.3. The Kier molecular flexibility index (Phi) is 9.72. The van der Waals surface area contributed by atoms with Crippen molar-refractivity contribution >= 4 is 5.91 Å². The van der Waals surface area contributed by atoms with E-state index in [-0.39, 0.29) is 18.7 Å². The molecule has 0 aliphatic carbocycles. The van der Waals surface area contributed by atoms with Crippen LogP contribution >= 0.6 is 0 Å². The third-order valence-corrected chi connectivity index (χ3v) is 1.68. The number of nitrogens with one attached hydrogen (secondary N) is 2. The first kappa shape index (κ1) is 14.9. The molecule has 1 amide bonds. The number of carbonyl (C=O) groups is 1. The molecular weight excluding hydrogens is 208 g/mol. The Morgan fingerprint density at radius 3 is 2.50 bits per heavy atom. The highest BCUT2D eigenvalue weighted by atomic mass is 16.7. The van der Waals surface area contributed by atoms with Gasteiger partial charge in [-0.1, -0.05) is 5.92 Å². The van der Waals surface area contributed by atoms with Crippen LogP contribution in [-0.2, 0) is 14.3 Å². The average molecular weight is 228 g/mol. The zero-order valence-corrected chi connectivity index (χ0v) is 9.91. The molecule has 0 bridgehead atoms. The molecule has 0 radical (unpaired) electrons. The quantitative estimate of drug-likeness (QED) is 0.324. The topological polar surface area (TPSA) is 59.6 Å². The Morgan fingerprint density at radius 1 is 1.38 bits per heavy atom. The molecule has 5 heteroatoms. The van der Waals surface area contributed by atoms with E-state index < -0.39 is 0 Å². The van der Waals surface area contributed by atoms with Crippen LogP contribution < -0.4 is 10.6 Å². The van der Waals surface area contributed by atoms with E-state index in [0.717, 1.165) is 0 Å². The lowest BCUT2D eigenvalue weighted by Gasteiger charge is -2.17. The van der Waals surface area contributed by atoms with E-state index in [1.807, 2.05) is 13.8 Å². The molecule has 16 heavy (non-hydrogen) atoms. The van der Waals surface area contributed by atoms with Gasteiger partial charge in [0.05, 0.1) is 19.6 Å². The largest absolute Gasteiger partial charge is 0.351 e. The molecule has 0 spiro atoms. The van der Waals surface area contributed by atoms with Gasteiger partial charge in [-0.15, -0.1) is 6.42 Å². The normalized spacial score (nSPS) is 10.1. The average Bonchev–Trinajstić information content (AvgIpc) is 2.27. The lowest BCUT2D eigenvalue weighted by molar-refractivity contribution is -0.140. The maximum atomic E-state index is 11.3. The predicted molar refractivity (Wildman–Crippen MR) is 61.8 cm³/mol. The fraction of sp³-hybridized carbons (Fsp3) is 0.727. The van der Waals surface area contributed by atoms with Crippen LogP contribution in [0.5, 0.6) is 0 Å². The molecule has 92 valence electrons. The summed E-state index contributed by atoms with van der Waals surface area (Å²) < 4.78 is 10.5. The van der Waals surface area contributed by atoms with Gasteiger partial charge in [0.15, 0.2) is 6.29 Å². The summed E-state index contributed by atoms with van der Waals surface area (Å²) in [6.07, 6.45) is 4.65. The van der Waals surface area contributed by atoms with Crippen LogP contribution in [0.4, 0.5) is 0 Å². The molecule has 0 atom stereocenters. The standard InChI is InChI=1S/C11H20N2O3/c1-4-7-12-8-10(14)13-9-11(15-5-2)16-6-3/h1,11-12H,5-9H2,2-3H3,(H,13,14). The fourth-order valence-electron chi connectivity index (χ4n) is 1.05. The molecule has 0 aromatic carbocycles. The van der Waals surface area contributed by atoms with Gasteiger partial charge in [-0.2, -0.15) is 0 Å². The van der Waals surface area contributed by atoms with Crippen molar-refractivity contribution in [2.24, 2.45) is 0 Å². The minimum atomic E-state index is -0.383. The highest BCUT2D eigenvalue weighted by molar-refractivity contribution is 5.77. The Balaban J connectivity index is 3.65. The summed E-state index contributed by atoms with van der Waals surface area (Å²) in [4.78, 5) is 11.3. The van der Waals surface area contributed by atoms with E-state index in [1.54, 1.807) is 0 Å². The first-order chi connectivity index (χ1) is 7.74. The van der Waals surface area contributed by atoms with E-state index >= 15 is 0 Å². The number of ether oxygens (including phenoxy) is 2. The Bertz CT molecular complexity index is 220. The third-order valence-electron chi connectivity index (χ3n) is 1.68. The van der Waals surface area contributed by atoms with Gasteiger partial charge in [0.25, 0.3) is 0 Å². The summed E-state index contributed by atoms with van der Waals surface area (Å²) >= 11 is 0. The minimum Gasteiger partial charge on any atom is -0.351 e. The third kappa shape index (κ3) is 8.24. The second-order valence-corrected chi connectivity index (χ2v) is 2.95. The van der Waals surface area contributed by atoms with E-state index in [4.69, 9.17) is 15.9 Å². The number of rotatable bonds is 9. The Morgan fingerprint density at radius 2 is 2.00 bits per heavy atom. The van der Waals surface area contributed by atoms with Crippen molar-refractivity contribution < 1.29 is 14.3 Å². The summed E-state index contributed by atoms with van der Waals surface area (Å²) in [6.45, 7) is 5.79.